The Bertz CT molecular complexity index is 373. The first-order valence-electron chi connectivity index (χ1n) is 4.45. The SMILES string of the molecule is COc1cc(OC)c(C=C(Br)Br)c(OC)c1. The topological polar surface area (TPSA) is 27.7 Å². The van der Waals surface area contributed by atoms with Crippen LogP contribution in [0.1, 0.15) is 5.56 Å². The first-order chi connectivity index (χ1) is 7.62. The molecule has 0 radical (unpaired) electrons. The smallest absolute Gasteiger partial charge is 0.133 e. The molecule has 0 saturated carbocycles. The van der Waals surface area contributed by atoms with Crippen molar-refractivity contribution in [2.24, 2.45) is 0 Å². The zero-order valence-corrected chi connectivity index (χ0v) is 12.4. The molecule has 0 aromatic heterocycles. The summed E-state index contributed by atoms with van der Waals surface area (Å²) in [6.45, 7) is 0. The molecular formula is C11H12Br2O3. The van der Waals surface area contributed by atoms with Crippen molar-refractivity contribution < 1.29 is 14.2 Å². The third-order valence-electron chi connectivity index (χ3n) is 2.01. The van der Waals surface area contributed by atoms with Crippen molar-refractivity contribution in [1.29, 1.82) is 0 Å². The highest BCUT2D eigenvalue weighted by molar-refractivity contribution is 9.28. The summed E-state index contributed by atoms with van der Waals surface area (Å²) in [4.78, 5) is 0. The molecule has 0 aliphatic carbocycles. The van der Waals surface area contributed by atoms with Gasteiger partial charge in [0.15, 0.2) is 0 Å². The minimum absolute atomic E-state index is 0.688. The summed E-state index contributed by atoms with van der Waals surface area (Å²) in [7, 11) is 4.81. The molecule has 1 rings (SSSR count). The number of halogens is 2. The molecule has 88 valence electrons. The molecule has 0 aliphatic rings. The lowest BCUT2D eigenvalue weighted by atomic mass is 10.1. The van der Waals surface area contributed by atoms with Gasteiger partial charge in [-0.3, -0.25) is 0 Å². The lowest BCUT2D eigenvalue weighted by Crippen LogP contribution is -1.94. The van der Waals surface area contributed by atoms with Crippen LogP contribution >= 0.6 is 31.9 Å². The molecule has 0 N–H and O–H groups in total. The van der Waals surface area contributed by atoms with Crippen molar-refractivity contribution in [2.45, 2.75) is 0 Å². The van der Waals surface area contributed by atoms with Crippen LogP contribution < -0.4 is 14.2 Å². The monoisotopic (exact) mass is 350 g/mol. The summed E-state index contributed by atoms with van der Waals surface area (Å²) >= 11 is 6.62. The molecule has 16 heavy (non-hydrogen) atoms. The Balaban J connectivity index is 3.37. The first kappa shape index (κ1) is 13.4. The van der Waals surface area contributed by atoms with Crippen LogP contribution in [0.5, 0.6) is 17.2 Å². The maximum absolute atomic E-state index is 5.28. The van der Waals surface area contributed by atoms with Crippen molar-refractivity contribution in [3.8, 4) is 17.2 Å². The Labute approximate surface area is 112 Å². The van der Waals surface area contributed by atoms with E-state index < -0.39 is 0 Å². The molecule has 0 unspecified atom stereocenters. The Morgan fingerprint density at radius 2 is 1.50 bits per heavy atom. The van der Waals surface area contributed by atoms with Crippen LogP contribution in [-0.4, -0.2) is 21.3 Å². The fraction of sp³-hybridized carbons (Fsp3) is 0.273. The highest BCUT2D eigenvalue weighted by Gasteiger charge is 2.11. The summed E-state index contributed by atoms with van der Waals surface area (Å²) in [6, 6.07) is 3.61. The van der Waals surface area contributed by atoms with Crippen LogP contribution in [0, 0.1) is 0 Å². The molecule has 0 aliphatic heterocycles. The molecule has 0 bridgehead atoms. The molecule has 0 fully saturated rings. The Kier molecular flexibility index (Phi) is 5.15. The van der Waals surface area contributed by atoms with Gasteiger partial charge in [0.05, 0.1) is 30.3 Å². The van der Waals surface area contributed by atoms with Crippen LogP contribution in [0.25, 0.3) is 6.08 Å². The van der Waals surface area contributed by atoms with Crippen LogP contribution in [0.15, 0.2) is 15.5 Å². The van der Waals surface area contributed by atoms with Crippen molar-refractivity contribution in [3.05, 3.63) is 21.1 Å². The van der Waals surface area contributed by atoms with E-state index in [9.17, 15) is 0 Å². The molecular weight excluding hydrogens is 340 g/mol. The lowest BCUT2D eigenvalue weighted by Gasteiger charge is -2.12. The van der Waals surface area contributed by atoms with E-state index in [1.165, 1.54) is 0 Å². The Hall–Kier alpha value is -0.680. The van der Waals surface area contributed by atoms with E-state index in [0.29, 0.717) is 17.2 Å². The van der Waals surface area contributed by atoms with Gasteiger partial charge >= 0.3 is 0 Å². The fourth-order valence-electron chi connectivity index (χ4n) is 1.28. The average Bonchev–Trinajstić information content (AvgIpc) is 2.28. The summed E-state index contributed by atoms with van der Waals surface area (Å²) in [5.74, 6) is 2.07. The molecule has 3 nitrogen and oxygen atoms in total. The van der Waals surface area contributed by atoms with E-state index in [4.69, 9.17) is 14.2 Å². The number of hydrogen-bond acceptors (Lipinski definition) is 3. The van der Waals surface area contributed by atoms with Crippen molar-refractivity contribution in [2.75, 3.05) is 21.3 Å². The van der Waals surface area contributed by atoms with Crippen molar-refractivity contribution in [1.82, 2.24) is 0 Å². The minimum Gasteiger partial charge on any atom is -0.496 e. The third kappa shape index (κ3) is 3.15. The standard InChI is InChI=1S/C11H12Br2O3/c1-14-7-4-9(15-2)8(6-11(12)13)10(5-7)16-3/h4-6H,1-3H3. The largest absolute Gasteiger partial charge is 0.496 e. The van der Waals surface area contributed by atoms with Gasteiger partial charge in [-0.05, 0) is 37.9 Å². The van der Waals surface area contributed by atoms with Crippen LogP contribution in [0.3, 0.4) is 0 Å². The zero-order valence-electron chi connectivity index (χ0n) is 9.21. The van der Waals surface area contributed by atoms with Crippen molar-refractivity contribution >= 4 is 37.9 Å². The van der Waals surface area contributed by atoms with Gasteiger partial charge in [0.2, 0.25) is 0 Å². The van der Waals surface area contributed by atoms with Crippen LogP contribution in [0.4, 0.5) is 0 Å². The Morgan fingerprint density at radius 1 is 1.00 bits per heavy atom. The summed E-state index contributed by atoms with van der Waals surface area (Å²) in [5.41, 5.74) is 0.842. The zero-order chi connectivity index (χ0) is 12.1. The lowest BCUT2D eigenvalue weighted by molar-refractivity contribution is 0.374. The van der Waals surface area contributed by atoms with Gasteiger partial charge in [-0.25, -0.2) is 0 Å². The van der Waals surface area contributed by atoms with E-state index in [0.717, 1.165) is 8.96 Å². The van der Waals surface area contributed by atoms with E-state index >= 15 is 0 Å². The normalized spacial score (nSPS) is 9.56. The second-order valence-corrected chi connectivity index (χ2v) is 5.65. The molecule has 0 heterocycles. The maximum atomic E-state index is 5.28. The van der Waals surface area contributed by atoms with Gasteiger partial charge in [0.25, 0.3) is 0 Å². The maximum Gasteiger partial charge on any atom is 0.133 e. The molecule has 0 atom stereocenters. The van der Waals surface area contributed by atoms with Gasteiger partial charge in [-0.2, -0.15) is 0 Å². The number of hydrogen-bond donors (Lipinski definition) is 0. The predicted octanol–water partition coefficient (Wildman–Crippen LogP) is 3.80. The number of rotatable bonds is 4. The van der Waals surface area contributed by atoms with E-state index in [2.05, 4.69) is 31.9 Å². The second-order valence-electron chi connectivity index (χ2n) is 2.88. The molecule has 1 aromatic rings. The van der Waals surface area contributed by atoms with Gasteiger partial charge in [-0.15, -0.1) is 0 Å². The average molecular weight is 352 g/mol. The van der Waals surface area contributed by atoms with E-state index in [-0.39, 0.29) is 0 Å². The highest BCUT2D eigenvalue weighted by Crippen LogP contribution is 2.36. The van der Waals surface area contributed by atoms with Crippen molar-refractivity contribution in [3.63, 3.8) is 0 Å². The first-order valence-corrected chi connectivity index (χ1v) is 6.03. The summed E-state index contributed by atoms with van der Waals surface area (Å²) < 4.78 is 16.5. The highest BCUT2D eigenvalue weighted by atomic mass is 79.9. The van der Waals surface area contributed by atoms with E-state index in [1.54, 1.807) is 33.5 Å². The van der Waals surface area contributed by atoms with E-state index in [1.807, 2.05) is 6.08 Å². The summed E-state index contributed by atoms with van der Waals surface area (Å²) in [6.07, 6.45) is 1.86. The van der Waals surface area contributed by atoms with Gasteiger partial charge in [0, 0.05) is 12.1 Å². The second kappa shape index (κ2) is 6.15. The molecule has 0 spiro atoms. The van der Waals surface area contributed by atoms with Gasteiger partial charge in [0.1, 0.15) is 17.2 Å². The van der Waals surface area contributed by atoms with Gasteiger partial charge in [-0.1, -0.05) is 0 Å². The van der Waals surface area contributed by atoms with Crippen LogP contribution in [0.2, 0.25) is 0 Å². The number of methoxy groups -OCH3 is 3. The molecule has 5 heteroatoms. The molecule has 0 amide bonds. The number of ether oxygens (including phenoxy) is 3. The number of benzene rings is 1. The minimum atomic E-state index is 0.688. The molecule has 1 aromatic carbocycles. The van der Waals surface area contributed by atoms with Crippen LogP contribution in [-0.2, 0) is 0 Å². The summed E-state index contributed by atoms with van der Waals surface area (Å²) in [5, 5.41) is 0. The van der Waals surface area contributed by atoms with Gasteiger partial charge < -0.3 is 14.2 Å². The third-order valence-corrected chi connectivity index (χ3v) is 2.46. The quantitative estimate of drug-likeness (QED) is 0.825. The molecule has 0 saturated heterocycles. The Morgan fingerprint density at radius 3 is 1.81 bits per heavy atom. The fourth-order valence-corrected chi connectivity index (χ4v) is 1.74. The predicted molar refractivity (Wildman–Crippen MR) is 71.9 cm³/mol.